The van der Waals surface area contributed by atoms with E-state index in [9.17, 15) is 14.7 Å². The molecule has 1 amide bonds. The third-order valence-electron chi connectivity index (χ3n) is 7.96. The number of nitrogens with zero attached hydrogens (tertiary/aromatic N) is 2. The molecule has 0 saturated carbocycles. The van der Waals surface area contributed by atoms with Gasteiger partial charge in [-0.15, -0.1) is 0 Å². The lowest BCUT2D eigenvalue weighted by molar-refractivity contribution is -0.152. The number of ether oxygens (including phenoxy) is 4. The summed E-state index contributed by atoms with van der Waals surface area (Å²) in [5, 5.41) is 10.9. The third-order valence-corrected chi connectivity index (χ3v) is 8.15. The summed E-state index contributed by atoms with van der Waals surface area (Å²) in [5.74, 6) is -1.01. The van der Waals surface area contributed by atoms with Crippen LogP contribution in [-0.2, 0) is 18.9 Å². The molecule has 3 heterocycles. The summed E-state index contributed by atoms with van der Waals surface area (Å²) in [6.07, 6.45) is 6.87. The molecule has 0 radical (unpaired) electrons. The summed E-state index contributed by atoms with van der Waals surface area (Å²) in [7, 11) is 2.10. The Morgan fingerprint density at radius 3 is 2.52 bits per heavy atom. The largest absolute Gasteiger partial charge is 0.459 e. The number of cyclic esters (lactones) is 1. The van der Waals surface area contributed by atoms with E-state index >= 15 is 0 Å². The van der Waals surface area contributed by atoms with Gasteiger partial charge in [-0.25, -0.2) is 9.59 Å². The van der Waals surface area contributed by atoms with Crippen molar-refractivity contribution >= 4 is 36.7 Å². The molecular formula is C33H48N2O8S. The zero-order valence-electron chi connectivity index (χ0n) is 26.9. The van der Waals surface area contributed by atoms with E-state index in [0.29, 0.717) is 30.6 Å². The highest BCUT2D eigenvalue weighted by Gasteiger charge is 2.43. The molecule has 0 aromatic heterocycles. The molecule has 3 aliphatic heterocycles. The quantitative estimate of drug-likeness (QED) is 0.185. The van der Waals surface area contributed by atoms with E-state index in [-0.39, 0.29) is 17.2 Å². The lowest BCUT2D eigenvalue weighted by Crippen LogP contribution is -2.42. The van der Waals surface area contributed by atoms with Crippen molar-refractivity contribution in [3.8, 4) is 5.75 Å². The van der Waals surface area contributed by atoms with Gasteiger partial charge in [0.05, 0.1) is 11.8 Å². The summed E-state index contributed by atoms with van der Waals surface area (Å²) < 4.78 is 29.2. The lowest BCUT2D eigenvalue weighted by atomic mass is 9.96. The predicted molar refractivity (Wildman–Crippen MR) is 172 cm³/mol. The van der Waals surface area contributed by atoms with Crippen LogP contribution in [0, 0.1) is 5.92 Å². The fourth-order valence-electron chi connectivity index (χ4n) is 5.78. The molecule has 11 heteroatoms. The normalized spacial score (nSPS) is 28.2. The molecule has 0 spiro atoms. The Labute approximate surface area is 266 Å². The predicted octanol–water partition coefficient (Wildman–Crippen LogP) is 5.78. The number of carbonyl (C=O) groups excluding carboxylic acids is 2. The van der Waals surface area contributed by atoms with Crippen LogP contribution in [-0.4, -0.2) is 84.6 Å². The molecule has 0 unspecified atom stereocenters. The number of rotatable bonds is 4. The van der Waals surface area contributed by atoms with Gasteiger partial charge in [0.1, 0.15) is 29.5 Å². The maximum Gasteiger partial charge on any atom is 0.414 e. The van der Waals surface area contributed by atoms with Gasteiger partial charge in [-0.2, -0.15) is 0 Å². The average Bonchev–Trinajstić information content (AvgIpc) is 3.24. The monoisotopic (exact) mass is 632 g/mol. The van der Waals surface area contributed by atoms with Crippen molar-refractivity contribution in [2.45, 2.75) is 103 Å². The van der Waals surface area contributed by atoms with Crippen LogP contribution in [0.3, 0.4) is 0 Å². The van der Waals surface area contributed by atoms with Crippen molar-refractivity contribution in [1.29, 1.82) is 0 Å². The van der Waals surface area contributed by atoms with Gasteiger partial charge >= 0.3 is 12.1 Å². The number of anilines is 1. The molecule has 10 nitrogen and oxygen atoms in total. The van der Waals surface area contributed by atoms with Crippen molar-refractivity contribution in [2.24, 2.45) is 5.92 Å². The molecule has 244 valence electrons. The van der Waals surface area contributed by atoms with Crippen LogP contribution < -0.4 is 9.08 Å². The highest BCUT2D eigenvalue weighted by molar-refractivity contribution is 7.75. The first-order valence-corrected chi connectivity index (χ1v) is 15.8. The Morgan fingerprint density at radius 2 is 1.86 bits per heavy atom. The van der Waals surface area contributed by atoms with E-state index in [1.807, 2.05) is 40.7 Å². The number of benzene rings is 1. The number of esters is 1. The molecule has 0 bridgehead atoms. The summed E-state index contributed by atoms with van der Waals surface area (Å²) in [5.41, 5.74) is 0.497. The van der Waals surface area contributed by atoms with Crippen molar-refractivity contribution in [3.63, 3.8) is 0 Å². The number of amides is 1. The number of hydrogen-bond donors (Lipinski definition) is 2. The summed E-state index contributed by atoms with van der Waals surface area (Å²) in [6.45, 7) is 13.3. The first-order chi connectivity index (χ1) is 20.7. The number of carbonyl (C=O) groups is 2. The minimum Gasteiger partial charge on any atom is -0.459 e. The van der Waals surface area contributed by atoms with Gasteiger partial charge in [0.15, 0.2) is 11.5 Å². The van der Waals surface area contributed by atoms with Crippen LogP contribution in [0.25, 0.3) is 6.08 Å². The summed E-state index contributed by atoms with van der Waals surface area (Å²) in [4.78, 5) is 31.1. The average molecular weight is 633 g/mol. The second-order valence-corrected chi connectivity index (χ2v) is 13.7. The van der Waals surface area contributed by atoms with E-state index in [4.69, 9.17) is 23.1 Å². The number of thiol groups is 1. The smallest absolute Gasteiger partial charge is 0.414 e. The van der Waals surface area contributed by atoms with Gasteiger partial charge in [-0.3, -0.25) is 4.90 Å². The van der Waals surface area contributed by atoms with Crippen molar-refractivity contribution in [2.75, 3.05) is 31.6 Å². The van der Waals surface area contributed by atoms with E-state index < -0.39 is 47.9 Å². The van der Waals surface area contributed by atoms with Gasteiger partial charge in [0.25, 0.3) is 0 Å². The maximum atomic E-state index is 13.6. The lowest BCUT2D eigenvalue weighted by Gasteiger charge is -2.34. The Bertz CT molecular complexity index is 1230. The zero-order chi connectivity index (χ0) is 32.2. The van der Waals surface area contributed by atoms with Gasteiger partial charge in [-0.05, 0) is 98.5 Å². The van der Waals surface area contributed by atoms with Crippen LogP contribution in [0.5, 0.6) is 5.75 Å². The van der Waals surface area contributed by atoms with E-state index in [2.05, 4.69) is 24.9 Å². The van der Waals surface area contributed by atoms with E-state index in [1.165, 1.54) is 0 Å². The van der Waals surface area contributed by atoms with Crippen molar-refractivity contribution in [1.82, 2.24) is 4.90 Å². The highest BCUT2D eigenvalue weighted by Crippen LogP contribution is 2.36. The van der Waals surface area contributed by atoms with E-state index in [1.54, 1.807) is 42.2 Å². The Kier molecular flexibility index (Phi) is 11.1. The molecule has 0 aliphatic carbocycles. The molecule has 4 rings (SSSR count). The van der Waals surface area contributed by atoms with Crippen LogP contribution in [0.2, 0.25) is 0 Å². The topological polar surface area (TPSA) is 107 Å². The molecule has 2 fully saturated rings. The number of likely N-dealkylation sites (tertiary alicyclic amines) is 1. The molecule has 1 aromatic rings. The van der Waals surface area contributed by atoms with Gasteiger partial charge in [0, 0.05) is 31.9 Å². The molecular weight excluding hydrogens is 584 g/mol. The molecule has 2 saturated heterocycles. The number of piperidine rings is 1. The summed E-state index contributed by atoms with van der Waals surface area (Å²) in [6, 6.07) is 3.41. The second kappa shape index (κ2) is 14.2. The Hall–Kier alpha value is -2.57. The minimum absolute atomic E-state index is 0.164. The van der Waals surface area contributed by atoms with Gasteiger partial charge in [0.2, 0.25) is 0 Å². The van der Waals surface area contributed by atoms with Crippen LogP contribution in [0.1, 0.15) is 83.1 Å². The van der Waals surface area contributed by atoms with Crippen LogP contribution in [0.4, 0.5) is 10.5 Å². The van der Waals surface area contributed by atoms with Gasteiger partial charge in [-0.1, -0.05) is 24.3 Å². The Balaban J connectivity index is 1.76. The van der Waals surface area contributed by atoms with Crippen LogP contribution >= 0.6 is 12.9 Å². The van der Waals surface area contributed by atoms with Crippen LogP contribution in [0.15, 0.2) is 30.4 Å². The molecule has 3 aliphatic rings. The highest BCUT2D eigenvalue weighted by atomic mass is 32.1. The fourth-order valence-corrected chi connectivity index (χ4v) is 5.92. The second-order valence-electron chi connectivity index (χ2n) is 13.5. The van der Waals surface area contributed by atoms with E-state index in [0.717, 1.165) is 25.9 Å². The van der Waals surface area contributed by atoms with Gasteiger partial charge < -0.3 is 33.1 Å². The third kappa shape index (κ3) is 9.00. The number of hydrogen-bond acceptors (Lipinski definition) is 10. The van der Waals surface area contributed by atoms with Crippen molar-refractivity contribution < 1.29 is 37.8 Å². The number of fused-ring (bicyclic) bond motifs is 2. The first kappa shape index (κ1) is 34.3. The Morgan fingerprint density at radius 1 is 1.16 bits per heavy atom. The zero-order valence-corrected chi connectivity index (χ0v) is 27.8. The molecule has 1 N–H and O–H groups in total. The maximum absolute atomic E-state index is 13.6. The fraction of sp³-hybridized carbons (Fsp3) is 0.636. The number of aliphatic hydroxyl groups excluding tert-OH is 1. The minimum atomic E-state index is -0.897. The standard InChI is InChI=1S/C33H48N2O8S/c1-21-10-8-12-25(36)29-26(40-33(5,6)41-29)13-9-11-23-18-24(19-27(43-44)28(23)30(37)39-21)35(31(38)42-32(2,3)4)20-22-14-16-34(7)17-15-22/h8-9,11-12,18-19,21-22,25-26,29,36,44H,10,13-17,20H2,1-7H3/b11-9+,12-8-/t21-,25+,26-,29+/m0/s1. The molecule has 4 atom stereocenters. The molecule has 44 heavy (non-hydrogen) atoms. The number of aliphatic hydroxyl groups is 1. The SMILES string of the molecule is C[C@H]1C/C=C\[C@@H](O)[C@H]2OC(C)(C)O[C@H]2C/C=C/c2cc(N(CC3CCN(C)CC3)C(=O)OC(C)(C)C)cc(OS)c2C(=O)O1. The molecule has 1 aromatic carbocycles. The summed E-state index contributed by atoms with van der Waals surface area (Å²) >= 11 is 4.10. The van der Waals surface area contributed by atoms with Crippen molar-refractivity contribution in [3.05, 3.63) is 41.5 Å². The first-order valence-electron chi connectivity index (χ1n) is 15.4.